The highest BCUT2D eigenvalue weighted by molar-refractivity contribution is 5.76. The number of carbonyl (C=O) groups excluding carboxylic acids is 1. The van der Waals surface area contributed by atoms with Crippen LogP contribution in [0.4, 0.5) is 0 Å². The second kappa shape index (κ2) is 42.4. The molecule has 1 rings (SSSR count). The molecule has 0 bridgehead atoms. The number of hydrogen-bond acceptors (Lipinski definition) is 8. The Balaban J connectivity index is 2.24. The van der Waals surface area contributed by atoms with Crippen molar-refractivity contribution in [2.45, 2.75) is 275 Å². The average Bonchev–Trinajstić information content (AvgIpc) is 3.26. The van der Waals surface area contributed by atoms with Gasteiger partial charge in [0.25, 0.3) is 0 Å². The van der Waals surface area contributed by atoms with Gasteiger partial charge in [-0.3, -0.25) is 4.79 Å². The van der Waals surface area contributed by atoms with Crippen LogP contribution in [0, 0.1) is 0 Å². The highest BCUT2D eigenvalue weighted by Gasteiger charge is 2.44. The second-order valence-electron chi connectivity index (χ2n) is 18.0. The van der Waals surface area contributed by atoms with Crippen LogP contribution in [0.15, 0.2) is 36.5 Å². The third-order valence-corrected chi connectivity index (χ3v) is 12.2. The number of nitrogens with one attached hydrogen (secondary N) is 1. The molecule has 9 heteroatoms. The summed E-state index contributed by atoms with van der Waals surface area (Å²) in [6, 6.07) is -0.824. The van der Waals surface area contributed by atoms with Crippen molar-refractivity contribution >= 4 is 5.91 Å². The van der Waals surface area contributed by atoms with E-state index in [1.165, 1.54) is 167 Å². The van der Waals surface area contributed by atoms with Crippen LogP contribution in [-0.2, 0) is 14.3 Å². The first kappa shape index (κ1) is 57.4. The number of hydrogen-bond donors (Lipinski definition) is 6. The predicted octanol–water partition coefficient (Wildman–Crippen LogP) is 11.6. The van der Waals surface area contributed by atoms with Gasteiger partial charge in [0.05, 0.1) is 25.4 Å². The zero-order chi connectivity index (χ0) is 44.4. The summed E-state index contributed by atoms with van der Waals surface area (Å²) in [6.45, 7) is 3.74. The van der Waals surface area contributed by atoms with Crippen LogP contribution in [0.25, 0.3) is 0 Å². The lowest BCUT2D eigenvalue weighted by Crippen LogP contribution is -2.60. The van der Waals surface area contributed by atoms with Crippen molar-refractivity contribution in [3.63, 3.8) is 0 Å². The van der Waals surface area contributed by atoms with Gasteiger partial charge < -0.3 is 40.3 Å². The van der Waals surface area contributed by atoms with Gasteiger partial charge in [-0.15, -0.1) is 0 Å². The highest BCUT2D eigenvalue weighted by atomic mass is 16.7. The van der Waals surface area contributed by atoms with E-state index in [1.54, 1.807) is 6.08 Å². The molecule has 0 aromatic carbocycles. The van der Waals surface area contributed by atoms with E-state index < -0.39 is 49.5 Å². The second-order valence-corrected chi connectivity index (χ2v) is 18.0. The van der Waals surface area contributed by atoms with Gasteiger partial charge in [0.15, 0.2) is 6.29 Å². The Morgan fingerprint density at radius 1 is 0.541 bits per heavy atom. The van der Waals surface area contributed by atoms with E-state index in [4.69, 9.17) is 9.47 Å². The third kappa shape index (κ3) is 32.7. The fourth-order valence-electron chi connectivity index (χ4n) is 8.07. The topological polar surface area (TPSA) is 149 Å². The molecule has 1 saturated heterocycles. The van der Waals surface area contributed by atoms with E-state index in [2.05, 4.69) is 43.5 Å². The van der Waals surface area contributed by atoms with Crippen LogP contribution in [-0.4, -0.2) is 87.5 Å². The molecule has 0 aromatic rings. The largest absolute Gasteiger partial charge is 0.394 e. The molecule has 0 spiro atoms. The average molecular weight is 864 g/mol. The Morgan fingerprint density at radius 2 is 0.934 bits per heavy atom. The monoisotopic (exact) mass is 864 g/mol. The zero-order valence-corrected chi connectivity index (χ0v) is 39.4. The standard InChI is InChI=1S/C52H97NO8/c1-3-5-7-9-11-13-15-16-17-18-19-20-21-22-23-24-25-26-27-28-29-30-31-32-33-35-37-39-41-46(55)45(44-60-52-51(59)50(58)49(57)47(43-54)61-52)53-48(56)42-40-38-36-34-14-12-10-8-6-4-2/h28-29,32-33,39,41,45-47,49-52,54-55,57-59H,3-27,30-31,34-38,40,42-44H2,1-2H3,(H,53,56)/b29-28+,33-32+,41-39+. The third-order valence-electron chi connectivity index (χ3n) is 12.2. The van der Waals surface area contributed by atoms with Crippen LogP contribution in [0.2, 0.25) is 0 Å². The molecule has 0 saturated carbocycles. The molecule has 61 heavy (non-hydrogen) atoms. The first-order valence-corrected chi connectivity index (χ1v) is 25.7. The minimum absolute atomic E-state index is 0.193. The van der Waals surface area contributed by atoms with Gasteiger partial charge in [0.2, 0.25) is 5.91 Å². The summed E-state index contributed by atoms with van der Waals surface area (Å²) in [7, 11) is 0. The Kier molecular flexibility index (Phi) is 39.9. The molecule has 7 atom stereocenters. The van der Waals surface area contributed by atoms with E-state index in [1.807, 2.05) is 6.08 Å². The van der Waals surface area contributed by atoms with E-state index >= 15 is 0 Å². The molecule has 1 heterocycles. The number of carbonyl (C=O) groups is 1. The lowest BCUT2D eigenvalue weighted by Gasteiger charge is -2.40. The summed E-state index contributed by atoms with van der Waals surface area (Å²) in [4.78, 5) is 12.9. The fraction of sp³-hybridized carbons (Fsp3) is 0.865. The van der Waals surface area contributed by atoms with Gasteiger partial charge in [-0.25, -0.2) is 0 Å². The van der Waals surface area contributed by atoms with Crippen LogP contribution in [0.3, 0.4) is 0 Å². The maximum Gasteiger partial charge on any atom is 0.220 e. The summed E-state index contributed by atoms with van der Waals surface area (Å²) in [5.74, 6) is -0.193. The van der Waals surface area contributed by atoms with Gasteiger partial charge in [-0.2, -0.15) is 0 Å². The maximum atomic E-state index is 12.9. The minimum Gasteiger partial charge on any atom is -0.394 e. The molecule has 7 unspecified atom stereocenters. The van der Waals surface area contributed by atoms with Crippen molar-refractivity contribution in [1.82, 2.24) is 5.32 Å². The molecule has 1 aliphatic rings. The molecule has 6 N–H and O–H groups in total. The number of allylic oxidation sites excluding steroid dienone is 5. The minimum atomic E-state index is -1.57. The van der Waals surface area contributed by atoms with Crippen LogP contribution in [0.1, 0.15) is 232 Å². The molecule has 9 nitrogen and oxygen atoms in total. The Morgan fingerprint density at radius 3 is 1.38 bits per heavy atom. The Bertz CT molecular complexity index is 1050. The first-order chi connectivity index (χ1) is 29.8. The quantitative estimate of drug-likeness (QED) is 0.0262. The fourth-order valence-corrected chi connectivity index (χ4v) is 8.07. The number of unbranched alkanes of at least 4 members (excludes halogenated alkanes) is 29. The normalized spacial score (nSPS) is 20.7. The Labute approximate surface area is 374 Å². The molecule has 1 fully saturated rings. The molecular formula is C52H97NO8. The number of aliphatic hydroxyl groups excluding tert-OH is 5. The summed E-state index contributed by atoms with van der Waals surface area (Å²) in [5, 5.41) is 54.2. The lowest BCUT2D eigenvalue weighted by molar-refractivity contribution is -0.302. The van der Waals surface area contributed by atoms with Crippen molar-refractivity contribution in [3.05, 3.63) is 36.5 Å². The number of ether oxygens (including phenoxy) is 2. The summed E-state index contributed by atoms with van der Waals surface area (Å²) in [5.41, 5.74) is 0. The van der Waals surface area contributed by atoms with Crippen LogP contribution < -0.4 is 5.32 Å². The molecule has 0 aliphatic carbocycles. The number of amides is 1. The van der Waals surface area contributed by atoms with E-state index in [-0.39, 0.29) is 12.5 Å². The van der Waals surface area contributed by atoms with Crippen molar-refractivity contribution in [1.29, 1.82) is 0 Å². The van der Waals surface area contributed by atoms with Crippen molar-refractivity contribution < 1.29 is 39.8 Å². The first-order valence-electron chi connectivity index (χ1n) is 25.7. The Hall–Kier alpha value is -1.59. The van der Waals surface area contributed by atoms with Gasteiger partial charge in [0.1, 0.15) is 24.4 Å². The van der Waals surface area contributed by atoms with Crippen molar-refractivity contribution in [2.24, 2.45) is 0 Å². The molecule has 1 amide bonds. The maximum absolute atomic E-state index is 12.9. The van der Waals surface area contributed by atoms with Gasteiger partial charge in [-0.1, -0.05) is 217 Å². The lowest BCUT2D eigenvalue weighted by atomic mass is 9.99. The van der Waals surface area contributed by atoms with Crippen molar-refractivity contribution in [3.8, 4) is 0 Å². The van der Waals surface area contributed by atoms with Gasteiger partial charge in [0, 0.05) is 6.42 Å². The van der Waals surface area contributed by atoms with Crippen LogP contribution in [0.5, 0.6) is 0 Å². The van der Waals surface area contributed by atoms with E-state index in [0.29, 0.717) is 6.42 Å². The highest BCUT2D eigenvalue weighted by Crippen LogP contribution is 2.23. The van der Waals surface area contributed by atoms with E-state index in [0.717, 1.165) is 44.9 Å². The zero-order valence-electron chi connectivity index (χ0n) is 39.4. The molecule has 358 valence electrons. The molecule has 0 radical (unpaired) electrons. The SMILES string of the molecule is CCCCCCCCCCCCCCCCCCCC/C=C/CC/C=C/CC/C=C/C(O)C(COC1OC(CO)C(O)C(O)C1O)NC(=O)CCCCCCCCCCCC. The summed E-state index contributed by atoms with van der Waals surface area (Å²) in [6.07, 6.45) is 46.5. The number of rotatable bonds is 43. The molecule has 0 aromatic heterocycles. The van der Waals surface area contributed by atoms with Gasteiger partial charge >= 0.3 is 0 Å². The summed E-state index contributed by atoms with van der Waals surface area (Å²) < 4.78 is 11.2. The van der Waals surface area contributed by atoms with E-state index in [9.17, 15) is 30.3 Å². The van der Waals surface area contributed by atoms with Crippen molar-refractivity contribution in [2.75, 3.05) is 13.2 Å². The van der Waals surface area contributed by atoms with Crippen LogP contribution >= 0.6 is 0 Å². The predicted molar refractivity (Wildman–Crippen MR) is 253 cm³/mol. The molecular weight excluding hydrogens is 767 g/mol. The number of aliphatic hydroxyl groups is 5. The van der Waals surface area contributed by atoms with Gasteiger partial charge in [-0.05, 0) is 44.9 Å². The molecule has 1 aliphatic heterocycles. The summed E-state index contributed by atoms with van der Waals surface area (Å²) >= 11 is 0. The smallest absolute Gasteiger partial charge is 0.220 e.